The Morgan fingerprint density at radius 3 is 2.84 bits per heavy atom. The standard InChI is InChI=1S/C12H20N2O5/c1-8-2-3-14(10(8)11(15)16)12(17)13-6-9-7-18-4-5-19-9/h8-10H,2-7H2,1H3,(H,13,17)(H,15,16). The summed E-state index contributed by atoms with van der Waals surface area (Å²) in [7, 11) is 0. The predicted molar refractivity (Wildman–Crippen MR) is 65.9 cm³/mol. The summed E-state index contributed by atoms with van der Waals surface area (Å²) in [5, 5.41) is 11.9. The minimum Gasteiger partial charge on any atom is -0.480 e. The summed E-state index contributed by atoms with van der Waals surface area (Å²) in [5.74, 6) is -0.963. The molecule has 2 amide bonds. The number of aliphatic carboxylic acids is 1. The van der Waals surface area contributed by atoms with Crippen molar-refractivity contribution in [2.24, 2.45) is 5.92 Å². The minimum absolute atomic E-state index is 0.0162. The van der Waals surface area contributed by atoms with Crippen molar-refractivity contribution in [1.29, 1.82) is 0 Å². The topological polar surface area (TPSA) is 88.1 Å². The number of nitrogens with zero attached hydrogens (tertiary/aromatic N) is 1. The van der Waals surface area contributed by atoms with E-state index in [4.69, 9.17) is 14.6 Å². The largest absolute Gasteiger partial charge is 0.480 e. The fourth-order valence-corrected chi connectivity index (χ4v) is 2.51. The molecule has 0 bridgehead atoms. The van der Waals surface area contributed by atoms with Crippen LogP contribution in [0.25, 0.3) is 0 Å². The molecular formula is C12H20N2O5. The van der Waals surface area contributed by atoms with Crippen LogP contribution >= 0.6 is 0 Å². The Balaban J connectivity index is 1.83. The normalized spacial score (nSPS) is 31.2. The van der Waals surface area contributed by atoms with Gasteiger partial charge < -0.3 is 24.8 Å². The first-order valence-corrected chi connectivity index (χ1v) is 6.56. The number of carboxylic acids is 1. The third-order valence-corrected chi connectivity index (χ3v) is 3.58. The summed E-state index contributed by atoms with van der Waals surface area (Å²) in [6.07, 6.45) is 0.564. The van der Waals surface area contributed by atoms with Crippen molar-refractivity contribution >= 4 is 12.0 Å². The Morgan fingerprint density at radius 2 is 2.21 bits per heavy atom. The molecule has 2 fully saturated rings. The molecule has 3 unspecified atom stereocenters. The first-order valence-electron chi connectivity index (χ1n) is 6.56. The van der Waals surface area contributed by atoms with E-state index in [1.54, 1.807) is 0 Å². The molecule has 0 aromatic heterocycles. The highest BCUT2D eigenvalue weighted by atomic mass is 16.6. The first-order chi connectivity index (χ1) is 9.09. The number of carboxylic acid groups (broad SMARTS) is 1. The Hall–Kier alpha value is -1.34. The summed E-state index contributed by atoms with van der Waals surface area (Å²) in [5.41, 5.74) is 0. The number of carbonyl (C=O) groups excluding carboxylic acids is 1. The van der Waals surface area contributed by atoms with Crippen LogP contribution in [0, 0.1) is 5.92 Å². The van der Waals surface area contributed by atoms with E-state index in [1.807, 2.05) is 6.92 Å². The molecule has 2 rings (SSSR count). The van der Waals surface area contributed by atoms with Crippen molar-refractivity contribution in [2.75, 3.05) is 32.9 Å². The second-order valence-corrected chi connectivity index (χ2v) is 5.00. The van der Waals surface area contributed by atoms with Crippen LogP contribution in [-0.4, -0.2) is 67.1 Å². The van der Waals surface area contributed by atoms with Crippen LogP contribution in [0.1, 0.15) is 13.3 Å². The second kappa shape index (κ2) is 6.21. The van der Waals surface area contributed by atoms with E-state index in [9.17, 15) is 9.59 Å². The van der Waals surface area contributed by atoms with Gasteiger partial charge in [-0.25, -0.2) is 9.59 Å². The third-order valence-electron chi connectivity index (χ3n) is 3.58. The molecule has 0 aliphatic carbocycles. The number of ether oxygens (including phenoxy) is 2. The average Bonchev–Trinajstić information content (AvgIpc) is 2.79. The summed E-state index contributed by atoms with van der Waals surface area (Å²) < 4.78 is 10.6. The lowest BCUT2D eigenvalue weighted by Crippen LogP contribution is -2.50. The van der Waals surface area contributed by atoms with Crippen LogP contribution in [0.2, 0.25) is 0 Å². The van der Waals surface area contributed by atoms with Crippen molar-refractivity contribution in [3.8, 4) is 0 Å². The number of hydrogen-bond donors (Lipinski definition) is 2. The monoisotopic (exact) mass is 272 g/mol. The Morgan fingerprint density at radius 1 is 1.42 bits per heavy atom. The zero-order chi connectivity index (χ0) is 13.8. The van der Waals surface area contributed by atoms with Gasteiger partial charge in [-0.3, -0.25) is 0 Å². The van der Waals surface area contributed by atoms with Gasteiger partial charge in [0.05, 0.1) is 25.9 Å². The van der Waals surface area contributed by atoms with Gasteiger partial charge in [0.2, 0.25) is 0 Å². The molecule has 108 valence electrons. The fraction of sp³-hybridized carbons (Fsp3) is 0.833. The molecular weight excluding hydrogens is 252 g/mol. The molecule has 7 heteroatoms. The first kappa shape index (κ1) is 14.1. The van der Waals surface area contributed by atoms with E-state index in [-0.39, 0.29) is 18.1 Å². The Labute approximate surface area is 111 Å². The summed E-state index contributed by atoms with van der Waals surface area (Å²) in [4.78, 5) is 24.6. The van der Waals surface area contributed by atoms with Crippen LogP contribution in [0.15, 0.2) is 0 Å². The Bertz CT molecular complexity index is 343. The van der Waals surface area contributed by atoms with Gasteiger partial charge in [0, 0.05) is 13.1 Å². The van der Waals surface area contributed by atoms with Crippen LogP contribution < -0.4 is 5.32 Å². The van der Waals surface area contributed by atoms with Crippen molar-refractivity contribution in [2.45, 2.75) is 25.5 Å². The molecule has 2 heterocycles. The predicted octanol–water partition coefficient (Wildman–Crippen LogP) is -0.0936. The quantitative estimate of drug-likeness (QED) is 0.749. The lowest BCUT2D eigenvalue weighted by Gasteiger charge is -2.26. The molecule has 3 atom stereocenters. The zero-order valence-corrected chi connectivity index (χ0v) is 11.0. The van der Waals surface area contributed by atoms with Gasteiger partial charge in [-0.2, -0.15) is 0 Å². The maximum atomic E-state index is 12.0. The zero-order valence-electron chi connectivity index (χ0n) is 11.0. The van der Waals surface area contributed by atoms with Gasteiger partial charge in [-0.1, -0.05) is 6.92 Å². The molecule has 0 spiro atoms. The maximum absolute atomic E-state index is 12.0. The van der Waals surface area contributed by atoms with Gasteiger partial charge >= 0.3 is 12.0 Å². The molecule has 2 aliphatic heterocycles. The number of nitrogens with one attached hydrogen (secondary N) is 1. The fourth-order valence-electron chi connectivity index (χ4n) is 2.51. The Kier molecular flexibility index (Phi) is 4.60. The number of hydrogen-bond acceptors (Lipinski definition) is 4. The van der Waals surface area contributed by atoms with Crippen LogP contribution in [-0.2, 0) is 14.3 Å². The minimum atomic E-state index is -0.947. The molecule has 7 nitrogen and oxygen atoms in total. The lowest BCUT2D eigenvalue weighted by atomic mass is 10.0. The summed E-state index contributed by atoms with van der Waals surface area (Å²) in [6, 6.07) is -1.07. The molecule has 2 N–H and O–H groups in total. The van der Waals surface area contributed by atoms with E-state index in [0.29, 0.717) is 39.3 Å². The maximum Gasteiger partial charge on any atom is 0.326 e. The molecule has 0 aromatic rings. The van der Waals surface area contributed by atoms with Gasteiger partial charge in [-0.05, 0) is 12.3 Å². The van der Waals surface area contributed by atoms with Crippen molar-refractivity contribution in [3.63, 3.8) is 0 Å². The van der Waals surface area contributed by atoms with Gasteiger partial charge in [-0.15, -0.1) is 0 Å². The van der Waals surface area contributed by atoms with Crippen molar-refractivity contribution < 1.29 is 24.2 Å². The van der Waals surface area contributed by atoms with Crippen LogP contribution in [0.4, 0.5) is 4.79 Å². The highest BCUT2D eigenvalue weighted by molar-refractivity contribution is 5.83. The summed E-state index contributed by atoms with van der Waals surface area (Å²) in [6.45, 7) is 4.24. The molecule has 0 aromatic carbocycles. The SMILES string of the molecule is CC1CCN(C(=O)NCC2COCCO2)C1C(=O)O. The van der Waals surface area contributed by atoms with E-state index in [1.165, 1.54) is 4.90 Å². The molecule has 2 saturated heterocycles. The number of amides is 2. The van der Waals surface area contributed by atoms with E-state index >= 15 is 0 Å². The van der Waals surface area contributed by atoms with E-state index < -0.39 is 12.0 Å². The van der Waals surface area contributed by atoms with Gasteiger partial charge in [0.25, 0.3) is 0 Å². The van der Waals surface area contributed by atoms with Crippen molar-refractivity contribution in [3.05, 3.63) is 0 Å². The van der Waals surface area contributed by atoms with Crippen LogP contribution in [0.3, 0.4) is 0 Å². The molecule has 2 aliphatic rings. The second-order valence-electron chi connectivity index (χ2n) is 5.00. The van der Waals surface area contributed by atoms with E-state index in [0.717, 1.165) is 0 Å². The van der Waals surface area contributed by atoms with E-state index in [2.05, 4.69) is 5.32 Å². The van der Waals surface area contributed by atoms with Crippen molar-refractivity contribution in [1.82, 2.24) is 10.2 Å². The number of likely N-dealkylation sites (tertiary alicyclic amines) is 1. The molecule has 0 saturated carbocycles. The average molecular weight is 272 g/mol. The number of urea groups is 1. The lowest BCUT2D eigenvalue weighted by molar-refractivity contribution is -0.142. The van der Waals surface area contributed by atoms with Gasteiger partial charge in [0.15, 0.2) is 0 Å². The third kappa shape index (κ3) is 3.36. The highest BCUT2D eigenvalue weighted by Gasteiger charge is 2.39. The molecule has 19 heavy (non-hydrogen) atoms. The van der Waals surface area contributed by atoms with Gasteiger partial charge in [0.1, 0.15) is 6.04 Å². The smallest absolute Gasteiger partial charge is 0.326 e. The number of rotatable bonds is 3. The number of carbonyl (C=O) groups is 2. The van der Waals surface area contributed by atoms with Crippen LogP contribution in [0.5, 0.6) is 0 Å². The summed E-state index contributed by atoms with van der Waals surface area (Å²) >= 11 is 0. The molecule has 0 radical (unpaired) electrons. The highest BCUT2D eigenvalue weighted by Crippen LogP contribution is 2.23.